The van der Waals surface area contributed by atoms with E-state index in [-0.39, 0.29) is 5.41 Å². The predicted octanol–water partition coefficient (Wildman–Crippen LogP) is 4.10. The molecule has 140 valence electrons. The van der Waals surface area contributed by atoms with Crippen LogP contribution >= 0.6 is 0 Å². The molecule has 1 unspecified atom stereocenters. The molecule has 0 aliphatic rings. The number of rotatable bonds is 6. The quantitative estimate of drug-likeness (QED) is 0.785. The van der Waals surface area contributed by atoms with Gasteiger partial charge in [-0.05, 0) is 44.6 Å². The molecule has 0 aliphatic heterocycles. The Labute approximate surface area is 151 Å². The van der Waals surface area contributed by atoms with Crippen molar-refractivity contribution in [2.24, 2.45) is 5.41 Å². The first kappa shape index (κ1) is 21.0. The Morgan fingerprint density at radius 2 is 1.64 bits per heavy atom. The Morgan fingerprint density at radius 3 is 2.16 bits per heavy atom. The monoisotopic (exact) mass is 349 g/mol. The number of alkyl carbamates (subject to hydrolysis) is 1. The molecule has 1 aromatic carbocycles. The van der Waals surface area contributed by atoms with Crippen molar-refractivity contribution in [2.75, 3.05) is 6.61 Å². The minimum atomic E-state index is -0.739. The van der Waals surface area contributed by atoms with Crippen molar-refractivity contribution in [1.82, 2.24) is 5.32 Å². The third kappa shape index (κ3) is 9.75. The highest BCUT2D eigenvalue weighted by atomic mass is 16.6. The zero-order valence-electron chi connectivity index (χ0n) is 16.2. The molecule has 25 heavy (non-hydrogen) atoms. The van der Waals surface area contributed by atoms with Crippen molar-refractivity contribution in [3.05, 3.63) is 35.9 Å². The summed E-state index contributed by atoms with van der Waals surface area (Å²) in [7, 11) is 0. The van der Waals surface area contributed by atoms with Crippen molar-refractivity contribution < 1.29 is 19.1 Å². The molecular weight excluding hydrogens is 318 g/mol. The summed E-state index contributed by atoms with van der Waals surface area (Å²) >= 11 is 0. The number of ether oxygens (including phenoxy) is 2. The van der Waals surface area contributed by atoms with Crippen LogP contribution in [0.1, 0.15) is 53.5 Å². The first-order valence-electron chi connectivity index (χ1n) is 8.66. The molecule has 5 nitrogen and oxygen atoms in total. The third-order valence-corrected chi connectivity index (χ3v) is 3.19. The molecule has 0 aromatic heterocycles. The summed E-state index contributed by atoms with van der Waals surface area (Å²) in [6, 6.07) is 9.08. The topological polar surface area (TPSA) is 64.6 Å². The van der Waals surface area contributed by atoms with E-state index in [2.05, 4.69) is 5.32 Å². The summed E-state index contributed by atoms with van der Waals surface area (Å²) < 4.78 is 10.6. The maximum absolute atomic E-state index is 12.4. The normalized spacial score (nSPS) is 13.0. The zero-order chi connectivity index (χ0) is 19.1. The van der Waals surface area contributed by atoms with Crippen LogP contribution in [0.2, 0.25) is 0 Å². The van der Waals surface area contributed by atoms with Crippen LogP contribution in [-0.4, -0.2) is 30.3 Å². The predicted molar refractivity (Wildman–Crippen MR) is 98.3 cm³/mol. The van der Waals surface area contributed by atoms with Gasteiger partial charge in [-0.25, -0.2) is 9.59 Å². The minimum absolute atomic E-state index is 0.133. The number of aryl methyl sites for hydroxylation is 1. The van der Waals surface area contributed by atoms with E-state index in [0.29, 0.717) is 19.4 Å². The fraction of sp³-hybridized carbons (Fsp3) is 0.600. The second kappa shape index (κ2) is 8.88. The summed E-state index contributed by atoms with van der Waals surface area (Å²) in [5.74, 6) is -0.434. The average Bonchev–Trinajstić information content (AvgIpc) is 2.47. The van der Waals surface area contributed by atoms with Gasteiger partial charge in [0.15, 0.2) is 0 Å². The molecule has 5 heteroatoms. The number of hydrogen-bond acceptors (Lipinski definition) is 4. The van der Waals surface area contributed by atoms with Crippen LogP contribution in [0.4, 0.5) is 4.79 Å². The van der Waals surface area contributed by atoms with Gasteiger partial charge in [-0.3, -0.25) is 0 Å². The summed E-state index contributed by atoms with van der Waals surface area (Å²) in [5.41, 5.74) is 0.344. The number of carbonyl (C=O) groups excluding carboxylic acids is 2. The second-order valence-electron chi connectivity index (χ2n) is 8.39. The Bertz CT molecular complexity index is 555. The van der Waals surface area contributed by atoms with Crippen LogP contribution in [0.25, 0.3) is 0 Å². The number of nitrogens with one attached hydrogen (secondary N) is 1. The molecule has 0 radical (unpaired) electrons. The molecular formula is C20H31NO4. The van der Waals surface area contributed by atoms with Crippen LogP contribution in [0, 0.1) is 5.41 Å². The molecule has 1 atom stereocenters. The maximum Gasteiger partial charge on any atom is 0.408 e. The van der Waals surface area contributed by atoms with E-state index in [1.807, 2.05) is 51.1 Å². The lowest BCUT2D eigenvalue weighted by Gasteiger charge is -2.24. The summed E-state index contributed by atoms with van der Waals surface area (Å²) in [4.78, 5) is 24.5. The molecule has 1 aromatic rings. The van der Waals surface area contributed by atoms with Gasteiger partial charge < -0.3 is 14.8 Å². The Kier molecular flexibility index (Phi) is 7.46. The lowest BCUT2D eigenvalue weighted by molar-refractivity contribution is -0.149. The van der Waals surface area contributed by atoms with Gasteiger partial charge in [0.05, 0.1) is 6.61 Å². The first-order chi connectivity index (χ1) is 11.5. The molecule has 0 spiro atoms. The number of benzene rings is 1. The van der Waals surface area contributed by atoms with Gasteiger partial charge in [0.2, 0.25) is 0 Å². The molecule has 1 amide bonds. The number of amides is 1. The number of esters is 1. The van der Waals surface area contributed by atoms with Crippen molar-refractivity contribution in [1.29, 1.82) is 0 Å². The van der Waals surface area contributed by atoms with Gasteiger partial charge in [-0.2, -0.15) is 0 Å². The van der Waals surface area contributed by atoms with E-state index in [9.17, 15) is 9.59 Å². The van der Waals surface area contributed by atoms with Gasteiger partial charge in [-0.1, -0.05) is 51.1 Å². The Morgan fingerprint density at radius 1 is 1.04 bits per heavy atom. The smallest absolute Gasteiger partial charge is 0.408 e. The van der Waals surface area contributed by atoms with Crippen molar-refractivity contribution in [3.8, 4) is 0 Å². The fourth-order valence-electron chi connectivity index (χ4n) is 2.04. The van der Waals surface area contributed by atoms with E-state index in [4.69, 9.17) is 9.47 Å². The fourth-order valence-corrected chi connectivity index (χ4v) is 2.04. The average molecular weight is 349 g/mol. The number of hydrogen-bond donors (Lipinski definition) is 1. The molecule has 0 saturated heterocycles. The molecule has 0 heterocycles. The number of carbonyl (C=O) groups is 2. The largest absolute Gasteiger partial charge is 0.464 e. The highest BCUT2D eigenvalue weighted by molar-refractivity contribution is 5.81. The lowest BCUT2D eigenvalue weighted by Crippen LogP contribution is -2.45. The summed E-state index contributed by atoms with van der Waals surface area (Å²) in [6.45, 7) is 11.6. The molecule has 0 bridgehead atoms. The van der Waals surface area contributed by atoms with E-state index in [1.165, 1.54) is 0 Å². The highest BCUT2D eigenvalue weighted by Gasteiger charge is 2.26. The highest BCUT2D eigenvalue weighted by Crippen LogP contribution is 2.15. The zero-order valence-corrected chi connectivity index (χ0v) is 16.2. The van der Waals surface area contributed by atoms with Gasteiger partial charge in [-0.15, -0.1) is 0 Å². The molecule has 1 N–H and O–H groups in total. The lowest BCUT2D eigenvalue weighted by atomic mass is 9.98. The Hall–Kier alpha value is -2.04. The van der Waals surface area contributed by atoms with Crippen molar-refractivity contribution in [3.63, 3.8) is 0 Å². The van der Waals surface area contributed by atoms with Crippen LogP contribution in [0.3, 0.4) is 0 Å². The van der Waals surface area contributed by atoms with E-state index in [1.54, 1.807) is 20.8 Å². The van der Waals surface area contributed by atoms with E-state index in [0.717, 1.165) is 5.56 Å². The summed E-state index contributed by atoms with van der Waals surface area (Å²) in [6.07, 6.45) is 0.497. The maximum atomic E-state index is 12.4. The van der Waals surface area contributed by atoms with Crippen LogP contribution in [-0.2, 0) is 20.7 Å². The Balaban J connectivity index is 2.71. The van der Waals surface area contributed by atoms with Gasteiger partial charge in [0.1, 0.15) is 11.6 Å². The summed E-state index contributed by atoms with van der Waals surface area (Å²) in [5, 5.41) is 2.64. The van der Waals surface area contributed by atoms with E-state index >= 15 is 0 Å². The molecule has 1 rings (SSSR count). The van der Waals surface area contributed by atoms with Crippen molar-refractivity contribution in [2.45, 2.75) is 66.0 Å². The van der Waals surface area contributed by atoms with Crippen LogP contribution < -0.4 is 5.32 Å². The first-order valence-corrected chi connectivity index (χ1v) is 8.66. The molecule has 0 saturated carbocycles. The SMILES string of the molecule is CC(C)(C)COC(=O)C(CCc1ccccc1)NC(=O)OC(C)(C)C. The van der Waals surface area contributed by atoms with Crippen molar-refractivity contribution >= 4 is 12.1 Å². The van der Waals surface area contributed by atoms with Crippen LogP contribution in [0.5, 0.6) is 0 Å². The third-order valence-electron chi connectivity index (χ3n) is 3.19. The van der Waals surface area contributed by atoms with Gasteiger partial charge in [0, 0.05) is 0 Å². The molecule has 0 aliphatic carbocycles. The second-order valence-corrected chi connectivity index (χ2v) is 8.39. The van der Waals surface area contributed by atoms with Crippen LogP contribution in [0.15, 0.2) is 30.3 Å². The van der Waals surface area contributed by atoms with Gasteiger partial charge in [0.25, 0.3) is 0 Å². The minimum Gasteiger partial charge on any atom is -0.464 e. The van der Waals surface area contributed by atoms with E-state index < -0.39 is 23.7 Å². The molecule has 0 fully saturated rings. The van der Waals surface area contributed by atoms with Gasteiger partial charge >= 0.3 is 12.1 Å². The standard InChI is InChI=1S/C20H31NO4/c1-19(2,3)14-24-17(22)16(21-18(23)25-20(4,5)6)13-12-15-10-8-7-9-11-15/h7-11,16H,12-14H2,1-6H3,(H,21,23).